The second-order valence-electron chi connectivity index (χ2n) is 9.44. The summed E-state index contributed by atoms with van der Waals surface area (Å²) in [6, 6.07) is 8.00. The maximum atomic E-state index is 13.3. The summed E-state index contributed by atoms with van der Waals surface area (Å²) in [5, 5.41) is 0.372. The highest BCUT2D eigenvalue weighted by atomic mass is 16.2. The third-order valence-electron chi connectivity index (χ3n) is 6.59. The van der Waals surface area contributed by atoms with Crippen molar-refractivity contribution in [2.75, 3.05) is 18.0 Å². The number of aromatic amines is 1. The van der Waals surface area contributed by atoms with Gasteiger partial charge in [-0.25, -0.2) is 14.3 Å². The number of ketones is 1. The largest absolute Gasteiger partial charge is 0.417 e. The summed E-state index contributed by atoms with van der Waals surface area (Å²) in [6.07, 6.45) is 1.08. The van der Waals surface area contributed by atoms with Gasteiger partial charge in [-0.3, -0.25) is 9.59 Å². The van der Waals surface area contributed by atoms with E-state index < -0.39 is 11.2 Å². The quantitative estimate of drug-likeness (QED) is 0.631. The average molecular weight is 436 g/mol. The van der Waals surface area contributed by atoms with Gasteiger partial charge in [0, 0.05) is 44.2 Å². The Labute approximate surface area is 187 Å². The van der Waals surface area contributed by atoms with Crippen molar-refractivity contribution in [1.29, 1.82) is 0 Å². The van der Waals surface area contributed by atoms with Crippen LogP contribution in [0.2, 0.25) is 0 Å². The van der Waals surface area contributed by atoms with Crippen LogP contribution in [0.4, 0.5) is 5.69 Å². The maximum Gasteiger partial charge on any atom is 0.417 e. The zero-order valence-corrected chi connectivity index (χ0v) is 19.7. The van der Waals surface area contributed by atoms with Gasteiger partial charge in [-0.2, -0.15) is 4.57 Å². The van der Waals surface area contributed by atoms with Crippen molar-refractivity contribution in [3.63, 3.8) is 0 Å². The average Bonchev–Trinajstić information content (AvgIpc) is 2.75. The molecular weight excluding hydrogens is 404 g/mol. The van der Waals surface area contributed by atoms with Gasteiger partial charge in [0.15, 0.2) is 5.78 Å². The molecule has 4 rings (SSSR count). The van der Waals surface area contributed by atoms with Crippen molar-refractivity contribution in [3.05, 3.63) is 56.4 Å². The first-order valence-corrected chi connectivity index (χ1v) is 11.2. The van der Waals surface area contributed by atoms with Crippen LogP contribution >= 0.6 is 0 Å². The van der Waals surface area contributed by atoms with Crippen LogP contribution in [0.25, 0.3) is 22.2 Å². The lowest BCUT2D eigenvalue weighted by Gasteiger charge is -2.30. The Kier molecular flexibility index (Phi) is 5.31. The lowest BCUT2D eigenvalue weighted by molar-refractivity contribution is -0.365. The maximum absolute atomic E-state index is 13.3. The number of hydrogen-bond acceptors (Lipinski definition) is 4. The van der Waals surface area contributed by atoms with Gasteiger partial charge in [0.1, 0.15) is 11.1 Å². The molecule has 1 aliphatic rings. The number of carbonyl (C=O) groups excluding carboxylic acids is 1. The highest BCUT2D eigenvalue weighted by molar-refractivity contribution is 6.10. The number of benzene rings is 1. The number of aryl methyl sites for hydroxylation is 1. The predicted octanol–water partition coefficient (Wildman–Crippen LogP) is 2.72. The van der Waals surface area contributed by atoms with Crippen LogP contribution in [-0.2, 0) is 20.5 Å². The summed E-state index contributed by atoms with van der Waals surface area (Å²) < 4.78 is 2.56. The third-order valence-corrected chi connectivity index (χ3v) is 6.59. The van der Waals surface area contributed by atoms with E-state index in [0.29, 0.717) is 35.0 Å². The standard InChI is InChI=1S/C25H30N4O3/c1-7-29(8-2)16-11-9-15(10-12-16)19-20-17(13-25(3,4)14-18(20)30)26-22-21(19)23(31)28(6)24(32)27(22)5/h9-12H,7-8,13-14H2,1-6H3/p+1. The minimum absolute atomic E-state index is 0.0214. The minimum atomic E-state index is -0.400. The Morgan fingerprint density at radius 2 is 1.56 bits per heavy atom. The van der Waals surface area contributed by atoms with Crippen molar-refractivity contribution in [2.45, 2.75) is 40.5 Å². The molecule has 7 heteroatoms. The summed E-state index contributed by atoms with van der Waals surface area (Å²) >= 11 is 0. The SMILES string of the molecule is CCN(CC)c1ccc(-c2c3c([nH+]c4c2c(=O)n(C)c(=O)n4C)CC(C)(C)CC3=O)cc1. The fraction of sp³-hybridized carbons (Fsp3) is 0.440. The molecule has 0 fully saturated rings. The van der Waals surface area contributed by atoms with Crippen molar-refractivity contribution < 1.29 is 9.78 Å². The number of hydrogen-bond donors (Lipinski definition) is 0. The van der Waals surface area contributed by atoms with Crippen LogP contribution in [0.15, 0.2) is 33.9 Å². The summed E-state index contributed by atoms with van der Waals surface area (Å²) in [4.78, 5) is 44.8. The van der Waals surface area contributed by atoms with Gasteiger partial charge in [-0.05, 0) is 37.0 Å². The highest BCUT2D eigenvalue weighted by Gasteiger charge is 2.38. The van der Waals surface area contributed by atoms with Crippen LogP contribution in [0, 0.1) is 5.41 Å². The zero-order valence-electron chi connectivity index (χ0n) is 19.7. The van der Waals surface area contributed by atoms with Crippen molar-refractivity contribution in [2.24, 2.45) is 19.5 Å². The van der Waals surface area contributed by atoms with Crippen molar-refractivity contribution >= 4 is 22.5 Å². The van der Waals surface area contributed by atoms with Gasteiger partial charge in [-0.1, -0.05) is 26.0 Å². The summed E-state index contributed by atoms with van der Waals surface area (Å²) in [5.74, 6) is 0.0214. The number of H-pyrrole nitrogens is 1. The molecule has 2 heterocycles. The van der Waals surface area contributed by atoms with Gasteiger partial charge in [0.2, 0.25) is 0 Å². The van der Waals surface area contributed by atoms with Crippen molar-refractivity contribution in [3.8, 4) is 11.1 Å². The third kappa shape index (κ3) is 3.36. The fourth-order valence-corrected chi connectivity index (χ4v) is 4.92. The van der Waals surface area contributed by atoms with Crippen LogP contribution in [0.1, 0.15) is 50.2 Å². The predicted molar refractivity (Wildman–Crippen MR) is 126 cm³/mol. The lowest BCUT2D eigenvalue weighted by Crippen LogP contribution is -2.42. The minimum Gasteiger partial charge on any atom is -0.372 e. The number of aromatic nitrogens is 3. The Morgan fingerprint density at radius 1 is 0.938 bits per heavy atom. The smallest absolute Gasteiger partial charge is 0.372 e. The molecule has 1 N–H and O–H groups in total. The molecule has 0 atom stereocenters. The van der Waals surface area contributed by atoms with Gasteiger partial charge in [0.05, 0.1) is 12.6 Å². The van der Waals surface area contributed by atoms with E-state index in [1.54, 1.807) is 7.05 Å². The molecule has 7 nitrogen and oxygen atoms in total. The number of pyridine rings is 1. The zero-order chi connectivity index (χ0) is 23.4. The normalized spacial score (nSPS) is 15.1. The molecule has 0 spiro atoms. The first-order chi connectivity index (χ1) is 15.1. The molecule has 3 aromatic rings. The molecule has 1 aliphatic carbocycles. The first kappa shape index (κ1) is 22.0. The number of nitrogens with one attached hydrogen (secondary N) is 1. The molecule has 0 bridgehead atoms. The van der Waals surface area contributed by atoms with Gasteiger partial charge in [0.25, 0.3) is 11.2 Å². The summed E-state index contributed by atoms with van der Waals surface area (Å²) in [7, 11) is 3.12. The molecule has 0 amide bonds. The van der Waals surface area contributed by atoms with Gasteiger partial charge >= 0.3 is 5.69 Å². The molecule has 2 aromatic heterocycles. The Morgan fingerprint density at radius 3 is 2.16 bits per heavy atom. The lowest BCUT2D eigenvalue weighted by atomic mass is 9.73. The summed E-state index contributed by atoms with van der Waals surface area (Å²) in [5.41, 5.74) is 3.32. The molecule has 1 aromatic carbocycles. The Bertz CT molecular complexity index is 1340. The second kappa shape index (κ2) is 7.73. The Hall–Kier alpha value is -3.22. The van der Waals surface area contributed by atoms with Crippen LogP contribution < -0.4 is 21.1 Å². The van der Waals surface area contributed by atoms with E-state index in [4.69, 9.17) is 0 Å². The van der Waals surface area contributed by atoms with Crippen molar-refractivity contribution in [1.82, 2.24) is 9.13 Å². The fourth-order valence-electron chi connectivity index (χ4n) is 4.92. The molecule has 0 saturated carbocycles. The number of nitrogens with zero attached hydrogens (tertiary/aromatic N) is 3. The van der Waals surface area contributed by atoms with E-state index in [-0.39, 0.29) is 11.2 Å². The van der Waals surface area contributed by atoms with E-state index in [2.05, 4.69) is 37.6 Å². The van der Waals surface area contributed by atoms with E-state index in [1.807, 2.05) is 24.3 Å². The number of Topliss-reactive ketones (excluding diaryl/α,β-unsaturated/α-hetero) is 1. The molecule has 0 aliphatic heterocycles. The van der Waals surface area contributed by atoms with Crippen LogP contribution in [0.3, 0.4) is 0 Å². The first-order valence-electron chi connectivity index (χ1n) is 11.2. The second-order valence-corrected chi connectivity index (χ2v) is 9.44. The van der Waals surface area contributed by atoms with Crippen LogP contribution in [-0.4, -0.2) is 28.0 Å². The highest BCUT2D eigenvalue weighted by Crippen LogP contribution is 2.39. The van der Waals surface area contributed by atoms with Gasteiger partial charge < -0.3 is 4.90 Å². The van der Waals surface area contributed by atoms with E-state index in [0.717, 1.165) is 34.6 Å². The molecule has 0 radical (unpaired) electrons. The number of anilines is 1. The monoisotopic (exact) mass is 435 g/mol. The molecule has 168 valence electrons. The number of fused-ring (bicyclic) bond motifs is 2. The van der Waals surface area contributed by atoms with Gasteiger partial charge in [-0.15, -0.1) is 0 Å². The topological polar surface area (TPSA) is 78.5 Å². The number of rotatable bonds is 4. The van der Waals surface area contributed by atoms with E-state index >= 15 is 0 Å². The van der Waals surface area contributed by atoms with Crippen LogP contribution in [0.5, 0.6) is 0 Å². The molecule has 0 saturated heterocycles. The molecule has 0 unspecified atom stereocenters. The molecular formula is C25H31N4O3+. The van der Waals surface area contributed by atoms with E-state index in [1.165, 1.54) is 11.6 Å². The Balaban J connectivity index is 2.11. The summed E-state index contributed by atoms with van der Waals surface area (Å²) in [6.45, 7) is 10.1. The number of carbonyl (C=O) groups is 1. The molecule has 32 heavy (non-hydrogen) atoms. The van der Waals surface area contributed by atoms with E-state index in [9.17, 15) is 14.4 Å².